The lowest BCUT2D eigenvalue weighted by molar-refractivity contribution is 0.0200. The number of alkyl halides is 2. The molecule has 6 nitrogen and oxygen atoms in total. The van der Waals surface area contributed by atoms with Crippen LogP contribution in [0.5, 0.6) is 5.75 Å². The molecule has 142 valence electrons. The summed E-state index contributed by atoms with van der Waals surface area (Å²) >= 11 is 0. The van der Waals surface area contributed by atoms with E-state index < -0.39 is 12.0 Å². The molecular weight excluding hydrogens is 378 g/mol. The molecule has 0 radical (unpaired) electrons. The molecule has 4 rings (SSSR count). The Morgan fingerprint density at radius 2 is 2.04 bits per heavy atom. The first kappa shape index (κ1) is 19.2. The van der Waals surface area contributed by atoms with Crippen LogP contribution in [0.1, 0.15) is 23.9 Å². The van der Waals surface area contributed by atoms with E-state index in [1.807, 2.05) is 12.1 Å². The molecule has 1 saturated heterocycles. The summed E-state index contributed by atoms with van der Waals surface area (Å²) in [4.78, 5) is 8.26. The van der Waals surface area contributed by atoms with E-state index in [2.05, 4.69) is 20.4 Å². The van der Waals surface area contributed by atoms with Crippen LogP contribution >= 0.6 is 12.4 Å². The molecule has 1 aliphatic rings. The van der Waals surface area contributed by atoms with Crippen molar-refractivity contribution in [3.63, 3.8) is 0 Å². The third kappa shape index (κ3) is 4.58. The van der Waals surface area contributed by atoms with Gasteiger partial charge < -0.3 is 9.26 Å². The fraction of sp³-hybridized carbons (Fsp3) is 0.278. The van der Waals surface area contributed by atoms with Gasteiger partial charge in [-0.15, -0.1) is 12.4 Å². The first-order valence-corrected chi connectivity index (χ1v) is 8.16. The van der Waals surface area contributed by atoms with Gasteiger partial charge in [0.05, 0.1) is 12.6 Å². The Labute approximate surface area is 160 Å². The summed E-state index contributed by atoms with van der Waals surface area (Å²) in [7, 11) is 0. The summed E-state index contributed by atoms with van der Waals surface area (Å²) in [6.07, 6.45) is 3.12. The number of aromatic nitrogens is 3. The molecule has 1 N–H and O–H groups in total. The van der Waals surface area contributed by atoms with Crippen LogP contribution in [-0.4, -0.2) is 27.6 Å². The van der Waals surface area contributed by atoms with Gasteiger partial charge in [-0.1, -0.05) is 11.2 Å². The monoisotopic (exact) mass is 394 g/mol. The zero-order chi connectivity index (χ0) is 18.0. The summed E-state index contributed by atoms with van der Waals surface area (Å²) in [6, 6.07) is 10.3. The van der Waals surface area contributed by atoms with Crippen molar-refractivity contribution < 1.29 is 18.0 Å². The number of nitrogens with one attached hydrogen (secondary N) is 1. The van der Waals surface area contributed by atoms with Crippen LogP contribution in [0.4, 0.5) is 8.78 Å². The van der Waals surface area contributed by atoms with Crippen molar-refractivity contribution in [2.75, 3.05) is 6.54 Å². The highest BCUT2D eigenvalue weighted by molar-refractivity contribution is 5.85. The summed E-state index contributed by atoms with van der Waals surface area (Å²) < 4.78 is 37.4. The SMILES string of the molecule is Cl.FC1(F)CNC(c2nc(-c3ccc(OCc4cccnc4)cc3)no2)C1. The van der Waals surface area contributed by atoms with Gasteiger partial charge in [-0.05, 0) is 30.3 Å². The van der Waals surface area contributed by atoms with E-state index in [0.717, 1.165) is 11.1 Å². The van der Waals surface area contributed by atoms with Crippen molar-refractivity contribution in [3.05, 3.63) is 60.2 Å². The highest BCUT2D eigenvalue weighted by Crippen LogP contribution is 2.33. The maximum Gasteiger partial charge on any atom is 0.262 e. The van der Waals surface area contributed by atoms with E-state index >= 15 is 0 Å². The molecule has 0 bridgehead atoms. The van der Waals surface area contributed by atoms with Gasteiger partial charge in [-0.25, -0.2) is 8.78 Å². The third-order valence-corrected chi connectivity index (χ3v) is 4.09. The lowest BCUT2D eigenvalue weighted by atomic mass is 10.2. The molecule has 1 atom stereocenters. The predicted molar refractivity (Wildman–Crippen MR) is 95.9 cm³/mol. The second-order valence-electron chi connectivity index (χ2n) is 6.12. The van der Waals surface area contributed by atoms with Crippen molar-refractivity contribution in [1.29, 1.82) is 0 Å². The van der Waals surface area contributed by atoms with Crippen molar-refractivity contribution in [3.8, 4) is 17.1 Å². The highest BCUT2D eigenvalue weighted by atomic mass is 35.5. The highest BCUT2D eigenvalue weighted by Gasteiger charge is 2.42. The van der Waals surface area contributed by atoms with Gasteiger partial charge in [0.15, 0.2) is 0 Å². The minimum absolute atomic E-state index is 0. The Morgan fingerprint density at radius 3 is 2.70 bits per heavy atom. The average Bonchev–Trinajstić information content (AvgIpc) is 3.28. The van der Waals surface area contributed by atoms with Gasteiger partial charge in [0.2, 0.25) is 11.7 Å². The molecule has 0 amide bonds. The van der Waals surface area contributed by atoms with E-state index in [1.165, 1.54) is 0 Å². The Bertz CT molecular complexity index is 875. The molecule has 3 aromatic rings. The number of pyridine rings is 1. The summed E-state index contributed by atoms with van der Waals surface area (Å²) in [5.41, 5.74) is 1.69. The second kappa shape index (κ2) is 7.98. The van der Waals surface area contributed by atoms with Crippen LogP contribution in [0.25, 0.3) is 11.4 Å². The molecular formula is C18H17ClF2N4O2. The average molecular weight is 395 g/mol. The van der Waals surface area contributed by atoms with Crippen LogP contribution in [-0.2, 0) is 6.61 Å². The van der Waals surface area contributed by atoms with Crippen LogP contribution < -0.4 is 10.1 Å². The van der Waals surface area contributed by atoms with Crippen LogP contribution in [0.2, 0.25) is 0 Å². The number of nitrogens with zero attached hydrogens (tertiary/aromatic N) is 3. The molecule has 0 spiro atoms. The number of hydrogen-bond acceptors (Lipinski definition) is 6. The normalized spacial score (nSPS) is 18.1. The number of ether oxygens (including phenoxy) is 1. The zero-order valence-corrected chi connectivity index (χ0v) is 15.0. The van der Waals surface area contributed by atoms with E-state index in [4.69, 9.17) is 9.26 Å². The van der Waals surface area contributed by atoms with Crippen LogP contribution in [0.3, 0.4) is 0 Å². The zero-order valence-electron chi connectivity index (χ0n) is 14.1. The Kier molecular flexibility index (Phi) is 5.67. The van der Waals surface area contributed by atoms with Gasteiger partial charge in [0, 0.05) is 29.9 Å². The summed E-state index contributed by atoms with van der Waals surface area (Å²) in [6.45, 7) is 0.0411. The molecule has 9 heteroatoms. The van der Waals surface area contributed by atoms with E-state index in [-0.39, 0.29) is 31.3 Å². The fourth-order valence-corrected chi connectivity index (χ4v) is 2.73. The topological polar surface area (TPSA) is 73.1 Å². The van der Waals surface area contributed by atoms with Crippen LogP contribution in [0, 0.1) is 0 Å². The number of rotatable bonds is 5. The van der Waals surface area contributed by atoms with E-state index in [0.29, 0.717) is 18.2 Å². The van der Waals surface area contributed by atoms with Gasteiger partial charge in [0.1, 0.15) is 12.4 Å². The Balaban J connectivity index is 0.00000210. The minimum Gasteiger partial charge on any atom is -0.489 e. The van der Waals surface area contributed by atoms with Crippen molar-refractivity contribution in [2.45, 2.75) is 25.0 Å². The van der Waals surface area contributed by atoms with Gasteiger partial charge in [-0.2, -0.15) is 4.98 Å². The predicted octanol–water partition coefficient (Wildman–Crippen LogP) is 3.80. The van der Waals surface area contributed by atoms with Gasteiger partial charge in [-0.3, -0.25) is 10.3 Å². The Morgan fingerprint density at radius 1 is 1.22 bits per heavy atom. The lowest BCUT2D eigenvalue weighted by Gasteiger charge is -2.06. The summed E-state index contributed by atoms with van der Waals surface area (Å²) in [5, 5.41) is 6.58. The quantitative estimate of drug-likeness (QED) is 0.709. The first-order chi connectivity index (χ1) is 12.6. The molecule has 3 heterocycles. The largest absolute Gasteiger partial charge is 0.489 e. The number of halogens is 3. The molecule has 2 aromatic heterocycles. The Hall–Kier alpha value is -2.58. The van der Waals surface area contributed by atoms with Gasteiger partial charge in [0.25, 0.3) is 5.92 Å². The third-order valence-electron chi connectivity index (χ3n) is 4.09. The molecule has 1 unspecified atom stereocenters. The standard InChI is InChI=1S/C18H16F2N4O2.ClH/c19-18(20)8-15(22-11-18)17-23-16(24-26-17)13-3-5-14(6-4-13)25-10-12-2-1-7-21-9-12;/h1-7,9,15,22H,8,10-11H2;1H. The molecule has 1 fully saturated rings. The van der Waals surface area contributed by atoms with Crippen molar-refractivity contribution in [1.82, 2.24) is 20.4 Å². The number of hydrogen-bond donors (Lipinski definition) is 1. The fourth-order valence-electron chi connectivity index (χ4n) is 2.73. The minimum atomic E-state index is -2.74. The van der Waals surface area contributed by atoms with Crippen molar-refractivity contribution >= 4 is 12.4 Å². The van der Waals surface area contributed by atoms with E-state index in [9.17, 15) is 8.78 Å². The molecule has 1 aromatic carbocycles. The smallest absolute Gasteiger partial charge is 0.262 e. The lowest BCUT2D eigenvalue weighted by Crippen LogP contribution is -2.19. The number of benzene rings is 1. The second-order valence-corrected chi connectivity index (χ2v) is 6.12. The van der Waals surface area contributed by atoms with E-state index in [1.54, 1.807) is 36.7 Å². The maximum atomic E-state index is 13.3. The molecule has 0 saturated carbocycles. The summed E-state index contributed by atoms with van der Waals surface area (Å²) in [5.74, 6) is -1.52. The molecule has 0 aliphatic carbocycles. The first-order valence-electron chi connectivity index (χ1n) is 8.16. The van der Waals surface area contributed by atoms with Gasteiger partial charge >= 0.3 is 0 Å². The maximum absolute atomic E-state index is 13.3. The van der Waals surface area contributed by atoms with Crippen molar-refractivity contribution in [2.24, 2.45) is 0 Å². The molecule has 1 aliphatic heterocycles. The van der Waals surface area contributed by atoms with Crippen LogP contribution in [0.15, 0.2) is 53.3 Å². The molecule has 27 heavy (non-hydrogen) atoms.